The van der Waals surface area contributed by atoms with Crippen molar-refractivity contribution < 1.29 is 17.9 Å². The van der Waals surface area contributed by atoms with Crippen LogP contribution in [0.2, 0.25) is 0 Å². The van der Waals surface area contributed by atoms with E-state index in [2.05, 4.69) is 13.8 Å². The van der Waals surface area contributed by atoms with Gasteiger partial charge in [-0.05, 0) is 72.3 Å². The summed E-state index contributed by atoms with van der Waals surface area (Å²) < 4.78 is 50.4. The Kier molecular flexibility index (Phi) is 10.3. The minimum atomic E-state index is -0.765. The van der Waals surface area contributed by atoms with Crippen LogP contribution in [-0.4, -0.2) is 6.61 Å². The van der Waals surface area contributed by atoms with Gasteiger partial charge in [-0.2, -0.15) is 0 Å². The van der Waals surface area contributed by atoms with Crippen LogP contribution in [0.5, 0.6) is 5.75 Å². The summed E-state index contributed by atoms with van der Waals surface area (Å²) in [6.07, 6.45) is 11.0. The topological polar surface area (TPSA) is 9.23 Å². The predicted octanol–water partition coefficient (Wildman–Crippen LogP) is 10.2. The SMILES string of the molecule is CCCCCCCOc1ccc(CCc2ccc(-c3ccc(C4CCC(C)CC4)c(F)c3F)cc2)c(F)c1. The monoisotopic (exact) mass is 522 g/mol. The average Bonchev–Trinajstić information content (AvgIpc) is 2.93. The molecule has 0 amide bonds. The van der Waals surface area contributed by atoms with Crippen molar-refractivity contribution in [2.75, 3.05) is 6.61 Å². The van der Waals surface area contributed by atoms with Crippen molar-refractivity contribution in [3.05, 3.63) is 88.7 Å². The lowest BCUT2D eigenvalue weighted by Crippen LogP contribution is -2.13. The van der Waals surface area contributed by atoms with Crippen LogP contribution in [-0.2, 0) is 12.8 Å². The third kappa shape index (κ3) is 7.42. The Labute approximate surface area is 226 Å². The summed E-state index contributed by atoms with van der Waals surface area (Å²) in [7, 11) is 0. The van der Waals surface area contributed by atoms with Gasteiger partial charge in [0.25, 0.3) is 0 Å². The zero-order valence-corrected chi connectivity index (χ0v) is 22.9. The smallest absolute Gasteiger partial charge is 0.166 e. The molecule has 1 nitrogen and oxygen atoms in total. The molecular formula is C34H41F3O. The van der Waals surface area contributed by atoms with E-state index >= 15 is 4.39 Å². The van der Waals surface area contributed by atoms with E-state index in [4.69, 9.17) is 4.74 Å². The second kappa shape index (κ2) is 13.9. The molecule has 204 valence electrons. The van der Waals surface area contributed by atoms with Crippen molar-refractivity contribution in [2.24, 2.45) is 5.92 Å². The molecule has 1 saturated carbocycles. The minimum absolute atomic E-state index is 0.105. The molecule has 0 N–H and O–H groups in total. The van der Waals surface area contributed by atoms with Crippen LogP contribution >= 0.6 is 0 Å². The number of ether oxygens (including phenoxy) is 1. The molecule has 1 aliphatic rings. The van der Waals surface area contributed by atoms with E-state index in [1.54, 1.807) is 18.2 Å². The van der Waals surface area contributed by atoms with E-state index in [1.807, 2.05) is 30.3 Å². The van der Waals surface area contributed by atoms with E-state index in [9.17, 15) is 8.78 Å². The summed E-state index contributed by atoms with van der Waals surface area (Å²) in [4.78, 5) is 0. The summed E-state index contributed by atoms with van der Waals surface area (Å²) >= 11 is 0. The molecule has 0 atom stereocenters. The molecule has 3 aromatic rings. The first-order valence-electron chi connectivity index (χ1n) is 14.4. The molecule has 0 bridgehead atoms. The van der Waals surface area contributed by atoms with Crippen molar-refractivity contribution in [3.8, 4) is 16.9 Å². The van der Waals surface area contributed by atoms with Gasteiger partial charge in [0.05, 0.1) is 6.61 Å². The number of aryl methyl sites for hydroxylation is 2. The largest absolute Gasteiger partial charge is 0.493 e. The first-order chi connectivity index (χ1) is 18.5. The highest BCUT2D eigenvalue weighted by atomic mass is 19.2. The van der Waals surface area contributed by atoms with Crippen LogP contribution in [0.1, 0.15) is 94.2 Å². The summed E-state index contributed by atoms with van der Waals surface area (Å²) in [6, 6.07) is 16.1. The number of halogens is 3. The average molecular weight is 523 g/mol. The van der Waals surface area contributed by atoms with Gasteiger partial charge in [-0.25, -0.2) is 13.2 Å². The van der Waals surface area contributed by atoms with E-state index in [-0.39, 0.29) is 17.3 Å². The maximum absolute atomic E-state index is 15.0. The van der Waals surface area contributed by atoms with Crippen LogP contribution in [0, 0.1) is 23.4 Å². The first kappa shape index (κ1) is 28.3. The molecule has 0 spiro atoms. The maximum Gasteiger partial charge on any atom is 0.166 e. The van der Waals surface area contributed by atoms with Crippen LogP contribution < -0.4 is 4.74 Å². The Balaban J connectivity index is 1.32. The fraction of sp³-hybridized carbons (Fsp3) is 0.471. The van der Waals surface area contributed by atoms with Crippen molar-refractivity contribution in [3.63, 3.8) is 0 Å². The third-order valence-corrected chi connectivity index (χ3v) is 8.06. The molecule has 3 aromatic carbocycles. The molecule has 0 aromatic heterocycles. The second-order valence-corrected chi connectivity index (χ2v) is 11.0. The Bertz CT molecular complexity index is 1160. The van der Waals surface area contributed by atoms with Gasteiger partial charge in [0.1, 0.15) is 11.6 Å². The fourth-order valence-corrected chi connectivity index (χ4v) is 5.52. The predicted molar refractivity (Wildman–Crippen MR) is 150 cm³/mol. The molecule has 0 unspecified atom stereocenters. The van der Waals surface area contributed by atoms with Crippen molar-refractivity contribution in [2.45, 2.75) is 90.4 Å². The number of hydrogen-bond acceptors (Lipinski definition) is 1. The summed E-state index contributed by atoms with van der Waals surface area (Å²) in [5, 5.41) is 0. The molecule has 38 heavy (non-hydrogen) atoms. The number of benzene rings is 3. The van der Waals surface area contributed by atoms with Crippen molar-refractivity contribution in [1.82, 2.24) is 0 Å². The zero-order chi connectivity index (χ0) is 26.9. The van der Waals surface area contributed by atoms with Crippen LogP contribution in [0.3, 0.4) is 0 Å². The van der Waals surface area contributed by atoms with Gasteiger partial charge in [0, 0.05) is 11.6 Å². The molecule has 1 aliphatic carbocycles. The number of unbranched alkanes of at least 4 members (excludes halogenated alkanes) is 4. The summed E-state index contributed by atoms with van der Waals surface area (Å²) in [6.45, 7) is 5.03. The molecule has 4 heteroatoms. The molecule has 4 rings (SSSR count). The highest BCUT2D eigenvalue weighted by molar-refractivity contribution is 5.65. The molecular weight excluding hydrogens is 481 g/mol. The lowest BCUT2D eigenvalue weighted by molar-refractivity contribution is 0.303. The van der Waals surface area contributed by atoms with Crippen molar-refractivity contribution in [1.29, 1.82) is 0 Å². The lowest BCUT2D eigenvalue weighted by atomic mass is 9.79. The second-order valence-electron chi connectivity index (χ2n) is 11.0. The molecule has 0 aliphatic heterocycles. The van der Waals surface area contributed by atoms with Crippen LogP contribution in [0.15, 0.2) is 54.6 Å². The van der Waals surface area contributed by atoms with E-state index in [0.717, 1.165) is 44.1 Å². The van der Waals surface area contributed by atoms with E-state index in [1.165, 1.54) is 25.3 Å². The summed E-state index contributed by atoms with van der Waals surface area (Å²) in [5.41, 5.74) is 3.12. The van der Waals surface area contributed by atoms with Crippen LogP contribution in [0.4, 0.5) is 13.2 Å². The molecule has 0 radical (unpaired) electrons. The molecule has 0 heterocycles. The quantitative estimate of drug-likeness (QED) is 0.215. The normalized spacial score (nSPS) is 17.5. The van der Waals surface area contributed by atoms with Crippen molar-refractivity contribution >= 4 is 0 Å². The minimum Gasteiger partial charge on any atom is -0.493 e. The molecule has 1 fully saturated rings. The Hall–Kier alpha value is -2.75. The zero-order valence-electron chi connectivity index (χ0n) is 22.9. The Morgan fingerprint density at radius 2 is 1.50 bits per heavy atom. The highest BCUT2D eigenvalue weighted by Crippen LogP contribution is 2.38. The fourth-order valence-electron chi connectivity index (χ4n) is 5.52. The maximum atomic E-state index is 15.0. The molecule has 0 saturated heterocycles. The number of rotatable bonds is 12. The Morgan fingerprint density at radius 1 is 0.763 bits per heavy atom. The highest BCUT2D eigenvalue weighted by Gasteiger charge is 2.25. The van der Waals surface area contributed by atoms with E-state index in [0.29, 0.717) is 47.8 Å². The van der Waals surface area contributed by atoms with Crippen LogP contribution in [0.25, 0.3) is 11.1 Å². The third-order valence-electron chi connectivity index (χ3n) is 8.06. The lowest BCUT2D eigenvalue weighted by Gasteiger charge is -2.27. The Morgan fingerprint density at radius 3 is 2.21 bits per heavy atom. The van der Waals surface area contributed by atoms with Gasteiger partial charge >= 0.3 is 0 Å². The van der Waals surface area contributed by atoms with E-state index < -0.39 is 11.6 Å². The first-order valence-corrected chi connectivity index (χ1v) is 14.4. The van der Waals surface area contributed by atoms with Gasteiger partial charge in [0.2, 0.25) is 0 Å². The van der Waals surface area contributed by atoms with Gasteiger partial charge in [-0.3, -0.25) is 0 Å². The summed E-state index contributed by atoms with van der Waals surface area (Å²) in [5.74, 6) is -0.380. The van der Waals surface area contributed by atoms with Gasteiger partial charge < -0.3 is 4.74 Å². The van der Waals surface area contributed by atoms with Gasteiger partial charge in [-0.15, -0.1) is 0 Å². The van der Waals surface area contributed by atoms with Gasteiger partial charge in [-0.1, -0.05) is 94.8 Å². The standard InChI is InChI=1S/C34H41F3O/c1-3-4-5-6-7-22-38-29-19-18-28(32(35)23-29)17-12-25-10-15-27(16-11-25)31-21-20-30(33(36)34(31)37)26-13-8-24(2)9-14-26/h10-11,15-16,18-21,23-24,26H,3-9,12-14,17,22H2,1-2H3. The van der Waals surface area contributed by atoms with Gasteiger partial charge in [0.15, 0.2) is 11.6 Å². The number of hydrogen-bond donors (Lipinski definition) is 0.